The monoisotopic (exact) mass is 320 g/mol. The second-order valence-corrected chi connectivity index (χ2v) is 6.14. The molecule has 24 heavy (non-hydrogen) atoms. The highest BCUT2D eigenvalue weighted by atomic mass is 15.3. The molecule has 3 heterocycles. The van der Waals surface area contributed by atoms with Crippen molar-refractivity contribution in [3.63, 3.8) is 0 Å². The van der Waals surface area contributed by atoms with Crippen LogP contribution in [0.1, 0.15) is 28.9 Å². The lowest BCUT2D eigenvalue weighted by Crippen LogP contribution is -2.08. The van der Waals surface area contributed by atoms with Crippen LogP contribution in [0, 0.1) is 6.92 Å². The average Bonchev–Trinajstić information content (AvgIpc) is 3.21. The van der Waals surface area contributed by atoms with Crippen molar-refractivity contribution in [1.29, 1.82) is 0 Å². The number of aromatic nitrogens is 5. The number of fused-ring (bicyclic) bond motifs is 1. The average molecular weight is 320 g/mol. The normalized spacial score (nSPS) is 13.1. The van der Waals surface area contributed by atoms with Gasteiger partial charge in [0.1, 0.15) is 5.82 Å². The molecule has 0 fully saturated rings. The van der Waals surface area contributed by atoms with Crippen LogP contribution < -0.4 is 5.32 Å². The number of aryl methyl sites for hydroxylation is 2. The molecule has 0 aliphatic heterocycles. The Morgan fingerprint density at radius 3 is 2.75 bits per heavy atom. The van der Waals surface area contributed by atoms with Gasteiger partial charge in [-0.15, -0.1) is 0 Å². The van der Waals surface area contributed by atoms with Gasteiger partial charge in [-0.1, -0.05) is 0 Å². The second-order valence-electron chi connectivity index (χ2n) is 6.14. The molecule has 0 spiro atoms. The summed E-state index contributed by atoms with van der Waals surface area (Å²) in [6.07, 6.45) is 8.67. The Balaban J connectivity index is 1.67. The molecule has 1 aliphatic rings. The predicted octanol–water partition coefficient (Wildman–Crippen LogP) is 2.68. The van der Waals surface area contributed by atoms with Crippen molar-refractivity contribution in [3.8, 4) is 11.4 Å². The number of hydrogen-bond acceptors (Lipinski definition) is 5. The van der Waals surface area contributed by atoms with Crippen LogP contribution >= 0.6 is 0 Å². The van der Waals surface area contributed by atoms with Crippen molar-refractivity contribution in [1.82, 2.24) is 24.7 Å². The molecule has 0 radical (unpaired) electrons. The summed E-state index contributed by atoms with van der Waals surface area (Å²) in [5.74, 6) is 1.72. The fraction of sp³-hybridized carbons (Fsp3) is 0.333. The summed E-state index contributed by atoms with van der Waals surface area (Å²) in [7, 11) is 1.96. The summed E-state index contributed by atoms with van der Waals surface area (Å²) in [6, 6.07) is 3.90. The zero-order valence-corrected chi connectivity index (χ0v) is 14.0. The van der Waals surface area contributed by atoms with E-state index in [0.717, 1.165) is 43.0 Å². The van der Waals surface area contributed by atoms with E-state index in [1.54, 1.807) is 12.4 Å². The van der Waals surface area contributed by atoms with Gasteiger partial charge in [-0.25, -0.2) is 9.97 Å². The van der Waals surface area contributed by atoms with E-state index >= 15 is 0 Å². The minimum atomic E-state index is 0.721. The maximum Gasteiger partial charge on any atom is 0.161 e. The van der Waals surface area contributed by atoms with Crippen molar-refractivity contribution in [2.45, 2.75) is 32.7 Å². The highest BCUT2D eigenvalue weighted by Gasteiger charge is 2.20. The van der Waals surface area contributed by atoms with Crippen molar-refractivity contribution in [3.05, 3.63) is 53.2 Å². The quantitative estimate of drug-likeness (QED) is 0.800. The Morgan fingerprint density at radius 2 is 2.00 bits per heavy atom. The van der Waals surface area contributed by atoms with Gasteiger partial charge in [0, 0.05) is 54.1 Å². The van der Waals surface area contributed by atoms with Gasteiger partial charge in [-0.2, -0.15) is 5.10 Å². The third kappa shape index (κ3) is 2.64. The topological polar surface area (TPSA) is 68.5 Å². The number of nitrogens with zero attached hydrogens (tertiary/aromatic N) is 5. The van der Waals surface area contributed by atoms with Gasteiger partial charge in [-0.3, -0.25) is 9.67 Å². The molecule has 0 unspecified atom stereocenters. The summed E-state index contributed by atoms with van der Waals surface area (Å²) in [6.45, 7) is 2.80. The zero-order chi connectivity index (χ0) is 16.5. The van der Waals surface area contributed by atoms with E-state index in [4.69, 9.17) is 9.97 Å². The van der Waals surface area contributed by atoms with E-state index in [2.05, 4.69) is 22.3 Å². The van der Waals surface area contributed by atoms with Crippen LogP contribution in [0.5, 0.6) is 0 Å². The largest absolute Gasteiger partial charge is 0.366 e. The van der Waals surface area contributed by atoms with E-state index in [1.807, 2.05) is 30.1 Å². The lowest BCUT2D eigenvalue weighted by Gasteiger charge is -2.12. The molecule has 1 N–H and O–H groups in total. The fourth-order valence-corrected chi connectivity index (χ4v) is 3.11. The molecule has 3 aromatic heterocycles. The molecular weight excluding hydrogens is 300 g/mol. The molecule has 0 bridgehead atoms. The van der Waals surface area contributed by atoms with E-state index in [9.17, 15) is 0 Å². The Hall–Kier alpha value is -2.76. The highest BCUT2D eigenvalue weighted by Crippen LogP contribution is 2.29. The van der Waals surface area contributed by atoms with Crippen molar-refractivity contribution < 1.29 is 0 Å². The predicted molar refractivity (Wildman–Crippen MR) is 92.6 cm³/mol. The van der Waals surface area contributed by atoms with Crippen LogP contribution in [0.2, 0.25) is 0 Å². The molecule has 0 amide bonds. The van der Waals surface area contributed by atoms with E-state index in [-0.39, 0.29) is 0 Å². The van der Waals surface area contributed by atoms with Crippen LogP contribution in [0.3, 0.4) is 0 Å². The first-order valence-electron chi connectivity index (χ1n) is 8.24. The SMILES string of the molecule is Cc1c(CNc2nc(-c3ccncc3)nc3c2CCC3)cnn1C. The third-order valence-electron chi connectivity index (χ3n) is 4.65. The highest BCUT2D eigenvalue weighted by molar-refractivity contribution is 5.60. The van der Waals surface area contributed by atoms with Crippen molar-refractivity contribution >= 4 is 5.82 Å². The van der Waals surface area contributed by atoms with E-state index in [1.165, 1.54) is 22.5 Å². The lowest BCUT2D eigenvalue weighted by atomic mass is 10.2. The van der Waals surface area contributed by atoms with Crippen LogP contribution in [-0.4, -0.2) is 24.7 Å². The zero-order valence-electron chi connectivity index (χ0n) is 14.0. The number of anilines is 1. The number of pyridine rings is 1. The van der Waals surface area contributed by atoms with Gasteiger partial charge in [0.2, 0.25) is 0 Å². The van der Waals surface area contributed by atoms with Gasteiger partial charge in [0.05, 0.1) is 6.20 Å². The maximum atomic E-state index is 4.79. The molecule has 6 nitrogen and oxygen atoms in total. The van der Waals surface area contributed by atoms with Gasteiger partial charge in [0.25, 0.3) is 0 Å². The van der Waals surface area contributed by atoms with Crippen LogP contribution in [0.15, 0.2) is 30.7 Å². The molecule has 0 atom stereocenters. The summed E-state index contributed by atoms with van der Waals surface area (Å²) >= 11 is 0. The van der Waals surface area contributed by atoms with Gasteiger partial charge < -0.3 is 5.32 Å². The minimum absolute atomic E-state index is 0.721. The van der Waals surface area contributed by atoms with E-state index < -0.39 is 0 Å². The first-order chi connectivity index (χ1) is 11.7. The Kier molecular flexibility index (Phi) is 3.72. The van der Waals surface area contributed by atoms with Crippen LogP contribution in [0.4, 0.5) is 5.82 Å². The minimum Gasteiger partial charge on any atom is -0.366 e. The number of nitrogens with one attached hydrogen (secondary N) is 1. The molecule has 0 aromatic carbocycles. The smallest absolute Gasteiger partial charge is 0.161 e. The van der Waals surface area contributed by atoms with Crippen molar-refractivity contribution in [2.24, 2.45) is 7.05 Å². The molecule has 3 aromatic rings. The van der Waals surface area contributed by atoms with Crippen LogP contribution in [0.25, 0.3) is 11.4 Å². The Bertz CT molecular complexity index is 869. The second kappa shape index (κ2) is 6.03. The molecule has 1 aliphatic carbocycles. The molecule has 6 heteroatoms. The molecule has 4 rings (SSSR count). The number of hydrogen-bond donors (Lipinski definition) is 1. The first kappa shape index (κ1) is 14.8. The standard InChI is InChI=1S/C18H20N6/c1-12-14(11-21-24(12)2)10-20-18-15-4-3-5-16(15)22-17(23-18)13-6-8-19-9-7-13/h6-9,11H,3-5,10H2,1-2H3,(H,20,22,23). The molecule has 0 saturated carbocycles. The maximum absolute atomic E-state index is 4.79. The van der Waals surface area contributed by atoms with Gasteiger partial charge in [0.15, 0.2) is 5.82 Å². The van der Waals surface area contributed by atoms with Gasteiger partial charge >= 0.3 is 0 Å². The molecule has 0 saturated heterocycles. The number of rotatable bonds is 4. The summed E-state index contributed by atoms with van der Waals surface area (Å²) < 4.78 is 1.89. The van der Waals surface area contributed by atoms with Crippen LogP contribution in [-0.2, 0) is 26.4 Å². The van der Waals surface area contributed by atoms with Crippen molar-refractivity contribution in [2.75, 3.05) is 5.32 Å². The Labute approximate surface area is 141 Å². The summed E-state index contributed by atoms with van der Waals surface area (Å²) in [4.78, 5) is 13.6. The third-order valence-corrected chi connectivity index (χ3v) is 4.65. The summed E-state index contributed by atoms with van der Waals surface area (Å²) in [5.41, 5.74) is 5.78. The van der Waals surface area contributed by atoms with Gasteiger partial charge in [-0.05, 0) is 38.3 Å². The Morgan fingerprint density at radius 1 is 1.17 bits per heavy atom. The fourth-order valence-electron chi connectivity index (χ4n) is 3.11. The first-order valence-corrected chi connectivity index (χ1v) is 8.24. The lowest BCUT2D eigenvalue weighted by molar-refractivity contribution is 0.738. The van der Waals surface area contributed by atoms with E-state index in [0.29, 0.717) is 0 Å². The molecular formula is C18H20N6. The summed E-state index contributed by atoms with van der Waals surface area (Å²) in [5, 5.41) is 7.81. The molecule has 122 valence electrons.